The lowest BCUT2D eigenvalue weighted by atomic mass is 10.2. The fourth-order valence-corrected chi connectivity index (χ4v) is 3.62. The predicted octanol–water partition coefficient (Wildman–Crippen LogP) is 2.89. The van der Waals surface area contributed by atoms with Gasteiger partial charge in [0.05, 0.1) is 11.1 Å². The number of rotatable bonds is 4. The summed E-state index contributed by atoms with van der Waals surface area (Å²) in [5.41, 5.74) is 4.53. The van der Waals surface area contributed by atoms with Gasteiger partial charge in [-0.15, -0.1) is 11.3 Å². The van der Waals surface area contributed by atoms with Crippen LogP contribution in [0.25, 0.3) is 11.0 Å². The van der Waals surface area contributed by atoms with Crippen molar-refractivity contribution in [3.05, 3.63) is 34.9 Å². The Balaban J connectivity index is 1.54. The maximum Gasteiger partial charge on any atom is 0.277 e. The van der Waals surface area contributed by atoms with Gasteiger partial charge in [0.1, 0.15) is 22.7 Å². The van der Waals surface area contributed by atoms with Crippen LogP contribution in [0.1, 0.15) is 28.9 Å². The van der Waals surface area contributed by atoms with E-state index in [1.165, 1.54) is 24.1 Å². The number of aromatic nitrogens is 3. The molecule has 3 aromatic heterocycles. The second kappa shape index (κ2) is 6.58. The molecule has 1 saturated heterocycles. The maximum atomic E-state index is 12.6. The predicted molar refractivity (Wildman–Crippen MR) is 94.4 cm³/mol. The summed E-state index contributed by atoms with van der Waals surface area (Å²) >= 11 is 1.42. The van der Waals surface area contributed by atoms with Crippen LogP contribution in [0.3, 0.4) is 0 Å². The lowest BCUT2D eigenvalue weighted by Gasteiger charge is -2.26. The summed E-state index contributed by atoms with van der Waals surface area (Å²) in [4.78, 5) is 24.8. The van der Waals surface area contributed by atoms with Crippen LogP contribution in [0.15, 0.2) is 30.0 Å². The van der Waals surface area contributed by atoms with Crippen molar-refractivity contribution >= 4 is 39.8 Å². The number of thiophene rings is 1. The molecule has 4 heterocycles. The van der Waals surface area contributed by atoms with Crippen LogP contribution in [-0.4, -0.2) is 39.0 Å². The van der Waals surface area contributed by atoms with E-state index in [-0.39, 0.29) is 5.91 Å². The molecule has 3 aromatic rings. The summed E-state index contributed by atoms with van der Waals surface area (Å²) in [6.45, 7) is 1.82. The molecule has 1 amide bonds. The van der Waals surface area contributed by atoms with Gasteiger partial charge < -0.3 is 10.3 Å². The van der Waals surface area contributed by atoms with E-state index >= 15 is 0 Å². The van der Waals surface area contributed by atoms with E-state index in [0.717, 1.165) is 42.7 Å². The minimum absolute atomic E-state index is 0.0752. The van der Waals surface area contributed by atoms with Gasteiger partial charge in [0.25, 0.3) is 5.91 Å². The van der Waals surface area contributed by atoms with Crippen LogP contribution >= 0.6 is 11.3 Å². The zero-order valence-electron chi connectivity index (χ0n) is 13.1. The van der Waals surface area contributed by atoms with Crippen molar-refractivity contribution in [2.45, 2.75) is 19.3 Å². The van der Waals surface area contributed by atoms with E-state index in [1.54, 1.807) is 0 Å². The van der Waals surface area contributed by atoms with Gasteiger partial charge in [0.15, 0.2) is 0 Å². The van der Waals surface area contributed by atoms with Crippen LogP contribution < -0.4 is 10.7 Å². The number of piperidine rings is 1. The first-order valence-corrected chi connectivity index (χ1v) is 8.88. The van der Waals surface area contributed by atoms with Crippen molar-refractivity contribution in [2.75, 3.05) is 18.4 Å². The Morgan fingerprint density at radius 3 is 2.96 bits per heavy atom. The number of carbonyl (C=O) groups is 1. The molecule has 24 heavy (non-hydrogen) atoms. The molecule has 7 nitrogen and oxygen atoms in total. The first-order chi connectivity index (χ1) is 11.8. The van der Waals surface area contributed by atoms with Crippen LogP contribution in [0.4, 0.5) is 11.5 Å². The molecule has 8 heteroatoms. The molecule has 1 fully saturated rings. The van der Waals surface area contributed by atoms with Crippen molar-refractivity contribution in [3.8, 4) is 0 Å². The third-order valence-electron chi connectivity index (χ3n) is 4.09. The molecule has 3 N–H and O–H groups in total. The number of aromatic amines is 1. The number of nitrogens with one attached hydrogen (secondary N) is 3. The smallest absolute Gasteiger partial charge is 0.277 e. The fourth-order valence-electron chi connectivity index (χ4n) is 2.88. The highest BCUT2D eigenvalue weighted by molar-refractivity contribution is 7.12. The molecule has 124 valence electrons. The third kappa shape index (κ3) is 2.98. The third-order valence-corrected chi connectivity index (χ3v) is 5.01. The van der Waals surface area contributed by atoms with Crippen molar-refractivity contribution in [1.29, 1.82) is 0 Å². The maximum absolute atomic E-state index is 12.6. The number of hydrogen-bond acceptors (Lipinski definition) is 6. The van der Waals surface area contributed by atoms with Crippen molar-refractivity contribution < 1.29 is 4.79 Å². The minimum atomic E-state index is -0.0752. The van der Waals surface area contributed by atoms with Crippen LogP contribution in [0.2, 0.25) is 0 Å². The van der Waals surface area contributed by atoms with Crippen LogP contribution in [0.5, 0.6) is 0 Å². The highest BCUT2D eigenvalue weighted by Crippen LogP contribution is 2.28. The average Bonchev–Trinajstić information content (AvgIpc) is 3.25. The molecule has 1 aliphatic rings. The summed E-state index contributed by atoms with van der Waals surface area (Å²) in [7, 11) is 0. The number of carbonyl (C=O) groups excluding carboxylic acids is 1. The Bertz CT molecular complexity index is 851. The van der Waals surface area contributed by atoms with Gasteiger partial charge in [-0.05, 0) is 30.4 Å². The van der Waals surface area contributed by atoms with Crippen molar-refractivity contribution in [1.82, 2.24) is 25.4 Å². The van der Waals surface area contributed by atoms with Crippen LogP contribution in [0, 0.1) is 0 Å². The largest absolute Gasteiger partial charge is 0.346 e. The molecule has 0 atom stereocenters. The van der Waals surface area contributed by atoms with E-state index in [1.807, 2.05) is 28.7 Å². The Hall–Kier alpha value is -2.45. The summed E-state index contributed by atoms with van der Waals surface area (Å²) < 4.78 is 0. The first kappa shape index (κ1) is 15.1. The average molecular weight is 342 g/mol. The molecule has 0 aromatic carbocycles. The summed E-state index contributed by atoms with van der Waals surface area (Å²) in [5.74, 6) is 0.612. The molecule has 0 aliphatic carbocycles. The van der Waals surface area contributed by atoms with Gasteiger partial charge in [-0.3, -0.25) is 10.2 Å². The second-order valence-corrected chi connectivity index (χ2v) is 6.66. The normalized spacial score (nSPS) is 15.5. The standard InChI is InChI=1S/C16H18N6OS/c23-16(21-22-7-2-1-3-8-22)13-12(5-9-24-13)20-15-11-4-6-17-14(11)18-10-19-15/h4-6,9-10H,1-3,7-8H2,(H,21,23)(H2,17,18,19,20). The molecule has 1 aliphatic heterocycles. The van der Waals surface area contributed by atoms with Crippen LogP contribution in [-0.2, 0) is 0 Å². The van der Waals surface area contributed by atoms with E-state index < -0.39 is 0 Å². The molecule has 0 unspecified atom stereocenters. The number of anilines is 2. The number of H-pyrrole nitrogens is 1. The lowest BCUT2D eigenvalue weighted by Crippen LogP contribution is -2.44. The van der Waals surface area contributed by atoms with E-state index in [0.29, 0.717) is 10.7 Å². The van der Waals surface area contributed by atoms with Crippen molar-refractivity contribution in [3.63, 3.8) is 0 Å². The quantitative estimate of drug-likeness (QED) is 0.679. The number of hydrogen-bond donors (Lipinski definition) is 3. The highest BCUT2D eigenvalue weighted by Gasteiger charge is 2.18. The Morgan fingerprint density at radius 1 is 1.21 bits per heavy atom. The van der Waals surface area contributed by atoms with E-state index in [2.05, 4.69) is 25.7 Å². The van der Waals surface area contributed by atoms with Crippen molar-refractivity contribution in [2.24, 2.45) is 0 Å². The molecule has 4 rings (SSSR count). The number of fused-ring (bicyclic) bond motifs is 1. The molecular formula is C16H18N6OS. The molecule has 0 radical (unpaired) electrons. The summed E-state index contributed by atoms with van der Waals surface area (Å²) in [5, 5.41) is 8.06. The van der Waals surface area contributed by atoms with Gasteiger partial charge in [-0.2, -0.15) is 0 Å². The Morgan fingerprint density at radius 2 is 2.08 bits per heavy atom. The molecule has 0 bridgehead atoms. The molecule has 0 spiro atoms. The number of nitrogens with zero attached hydrogens (tertiary/aromatic N) is 3. The zero-order valence-corrected chi connectivity index (χ0v) is 13.9. The topological polar surface area (TPSA) is 85.9 Å². The lowest BCUT2D eigenvalue weighted by molar-refractivity contribution is 0.0755. The van der Waals surface area contributed by atoms with Gasteiger partial charge in [-0.1, -0.05) is 6.42 Å². The highest BCUT2D eigenvalue weighted by atomic mass is 32.1. The van der Waals surface area contributed by atoms with Gasteiger partial charge in [0, 0.05) is 19.3 Å². The molecular weight excluding hydrogens is 324 g/mol. The monoisotopic (exact) mass is 342 g/mol. The Labute approximate surface area is 143 Å². The van der Waals surface area contributed by atoms with E-state index in [4.69, 9.17) is 0 Å². The SMILES string of the molecule is O=C(NN1CCCCC1)c1sccc1Nc1ncnc2[nH]ccc12. The number of hydrazine groups is 1. The second-order valence-electron chi connectivity index (χ2n) is 5.74. The van der Waals surface area contributed by atoms with Gasteiger partial charge >= 0.3 is 0 Å². The van der Waals surface area contributed by atoms with Gasteiger partial charge in [0.2, 0.25) is 0 Å². The Kier molecular flexibility index (Phi) is 4.14. The number of amides is 1. The minimum Gasteiger partial charge on any atom is -0.346 e. The zero-order chi connectivity index (χ0) is 16.4. The van der Waals surface area contributed by atoms with E-state index in [9.17, 15) is 4.79 Å². The summed E-state index contributed by atoms with van der Waals surface area (Å²) in [6, 6.07) is 3.81. The first-order valence-electron chi connectivity index (χ1n) is 8.00. The summed E-state index contributed by atoms with van der Waals surface area (Å²) in [6.07, 6.45) is 6.81. The fraction of sp³-hybridized carbons (Fsp3) is 0.312. The molecule has 0 saturated carbocycles. The van der Waals surface area contributed by atoms with Gasteiger partial charge in [-0.25, -0.2) is 15.0 Å².